The van der Waals surface area contributed by atoms with Gasteiger partial charge < -0.3 is 15.0 Å². The molecule has 1 aliphatic carbocycles. The standard InChI is InChI=1S/C30H32N2O3/c1-19-4-8-23(9-5-19)28-27-18-26(15-12-22(27)16-17-32(28)30(34)24-10-11-24)35-21(3)29(33)31-25-13-6-20(2)7-14-25/h4-9,12-15,18,21,24,28H,10-11,16-17H2,1-3H3,(H,31,33)/t21-,28-/m0/s1. The summed E-state index contributed by atoms with van der Waals surface area (Å²) in [5.41, 5.74) is 6.48. The minimum Gasteiger partial charge on any atom is -0.481 e. The second-order valence-corrected chi connectivity index (χ2v) is 9.85. The number of fused-ring (bicyclic) bond motifs is 1. The van der Waals surface area contributed by atoms with Crippen LogP contribution in [0.5, 0.6) is 5.75 Å². The Bertz CT molecular complexity index is 1230. The van der Waals surface area contributed by atoms with E-state index < -0.39 is 6.10 Å². The van der Waals surface area contributed by atoms with Gasteiger partial charge in [0.2, 0.25) is 5.91 Å². The van der Waals surface area contributed by atoms with E-state index in [2.05, 4.69) is 42.6 Å². The van der Waals surface area contributed by atoms with Crippen molar-refractivity contribution in [1.29, 1.82) is 0 Å². The third kappa shape index (κ3) is 5.09. The van der Waals surface area contributed by atoms with E-state index in [-0.39, 0.29) is 23.8 Å². The predicted octanol–water partition coefficient (Wildman–Crippen LogP) is 5.59. The van der Waals surface area contributed by atoms with Crippen molar-refractivity contribution < 1.29 is 14.3 Å². The predicted molar refractivity (Wildman–Crippen MR) is 138 cm³/mol. The van der Waals surface area contributed by atoms with Gasteiger partial charge in [-0.05, 0) is 81.0 Å². The van der Waals surface area contributed by atoms with Crippen molar-refractivity contribution in [3.05, 3.63) is 94.5 Å². The fraction of sp³-hybridized carbons (Fsp3) is 0.333. The lowest BCUT2D eigenvalue weighted by molar-refractivity contribution is -0.134. The first-order valence-corrected chi connectivity index (χ1v) is 12.4. The van der Waals surface area contributed by atoms with Crippen LogP contribution >= 0.6 is 0 Å². The van der Waals surface area contributed by atoms with Gasteiger partial charge in [0, 0.05) is 18.2 Å². The molecule has 1 aliphatic heterocycles. The van der Waals surface area contributed by atoms with E-state index in [9.17, 15) is 9.59 Å². The smallest absolute Gasteiger partial charge is 0.265 e. The van der Waals surface area contributed by atoms with Crippen molar-refractivity contribution in [2.75, 3.05) is 11.9 Å². The summed E-state index contributed by atoms with van der Waals surface area (Å²) < 4.78 is 6.08. The summed E-state index contributed by atoms with van der Waals surface area (Å²) in [6, 6.07) is 22.0. The van der Waals surface area contributed by atoms with Crippen molar-refractivity contribution >= 4 is 17.5 Å². The first-order valence-electron chi connectivity index (χ1n) is 12.4. The number of rotatable bonds is 6. The van der Waals surface area contributed by atoms with E-state index in [1.54, 1.807) is 6.92 Å². The number of nitrogens with zero attached hydrogens (tertiary/aromatic N) is 1. The lowest BCUT2D eigenvalue weighted by atomic mass is 9.87. The Labute approximate surface area is 207 Å². The minimum atomic E-state index is -0.667. The maximum Gasteiger partial charge on any atom is 0.265 e. The van der Waals surface area contributed by atoms with Crippen LogP contribution in [0.1, 0.15) is 53.6 Å². The van der Waals surface area contributed by atoms with E-state index in [1.807, 2.05) is 48.2 Å². The monoisotopic (exact) mass is 468 g/mol. The van der Waals surface area contributed by atoms with Gasteiger partial charge in [-0.15, -0.1) is 0 Å². The average Bonchev–Trinajstić information content (AvgIpc) is 3.70. The molecule has 1 saturated carbocycles. The van der Waals surface area contributed by atoms with E-state index >= 15 is 0 Å². The molecule has 1 N–H and O–H groups in total. The summed E-state index contributed by atoms with van der Waals surface area (Å²) in [7, 11) is 0. The Morgan fingerprint density at radius 1 is 0.943 bits per heavy atom. The van der Waals surface area contributed by atoms with Crippen molar-refractivity contribution in [2.45, 2.75) is 52.2 Å². The average molecular weight is 469 g/mol. The van der Waals surface area contributed by atoms with Gasteiger partial charge in [-0.1, -0.05) is 53.6 Å². The van der Waals surface area contributed by atoms with Crippen molar-refractivity contribution in [1.82, 2.24) is 4.90 Å². The summed E-state index contributed by atoms with van der Waals surface area (Å²) in [5.74, 6) is 0.841. The van der Waals surface area contributed by atoms with Gasteiger partial charge in [-0.25, -0.2) is 0 Å². The molecule has 0 unspecified atom stereocenters. The Morgan fingerprint density at radius 3 is 2.26 bits per heavy atom. The summed E-state index contributed by atoms with van der Waals surface area (Å²) in [6.45, 7) is 6.55. The van der Waals surface area contributed by atoms with Gasteiger partial charge in [-0.2, -0.15) is 0 Å². The number of carbonyl (C=O) groups is 2. The highest BCUT2D eigenvalue weighted by molar-refractivity contribution is 5.94. The lowest BCUT2D eigenvalue weighted by Crippen LogP contribution is -2.41. The first kappa shape index (κ1) is 23.2. The first-order chi connectivity index (χ1) is 16.9. The molecule has 3 aromatic rings. The van der Waals surface area contributed by atoms with Gasteiger partial charge >= 0.3 is 0 Å². The number of hydrogen-bond donors (Lipinski definition) is 1. The Morgan fingerprint density at radius 2 is 1.60 bits per heavy atom. The Balaban J connectivity index is 1.40. The maximum atomic E-state index is 13.2. The summed E-state index contributed by atoms with van der Waals surface area (Å²) in [4.78, 5) is 28.0. The topological polar surface area (TPSA) is 58.6 Å². The van der Waals surface area contributed by atoms with Crippen LogP contribution in [0.2, 0.25) is 0 Å². The molecule has 180 valence electrons. The van der Waals surface area contributed by atoms with Gasteiger partial charge in [0.05, 0.1) is 6.04 Å². The van der Waals surface area contributed by atoms with Crippen LogP contribution in [0, 0.1) is 19.8 Å². The van der Waals surface area contributed by atoms with Crippen LogP contribution in [0.3, 0.4) is 0 Å². The zero-order valence-electron chi connectivity index (χ0n) is 20.6. The second kappa shape index (κ2) is 9.57. The molecule has 2 amide bonds. The molecule has 3 aromatic carbocycles. The number of anilines is 1. The van der Waals surface area contributed by atoms with Gasteiger partial charge in [-0.3, -0.25) is 9.59 Å². The van der Waals surface area contributed by atoms with Crippen LogP contribution in [0.4, 0.5) is 5.69 Å². The highest BCUT2D eigenvalue weighted by Gasteiger charge is 2.39. The van der Waals surface area contributed by atoms with Crippen LogP contribution in [0.15, 0.2) is 66.7 Å². The number of benzene rings is 3. The van der Waals surface area contributed by atoms with E-state index in [1.165, 1.54) is 11.1 Å². The van der Waals surface area contributed by atoms with Crippen molar-refractivity contribution in [2.24, 2.45) is 5.92 Å². The highest BCUT2D eigenvalue weighted by atomic mass is 16.5. The molecule has 0 saturated heterocycles. The van der Waals surface area contributed by atoms with Crippen LogP contribution in [-0.4, -0.2) is 29.4 Å². The third-order valence-electron chi connectivity index (χ3n) is 6.95. The maximum absolute atomic E-state index is 13.2. The van der Waals surface area contributed by atoms with Crippen LogP contribution < -0.4 is 10.1 Å². The Hall–Kier alpha value is -3.60. The zero-order chi connectivity index (χ0) is 24.5. The molecule has 2 atom stereocenters. The number of carbonyl (C=O) groups excluding carboxylic acids is 2. The molecule has 5 heteroatoms. The van der Waals surface area contributed by atoms with E-state index in [0.29, 0.717) is 5.75 Å². The number of amides is 2. The molecule has 5 rings (SSSR count). The lowest BCUT2D eigenvalue weighted by Gasteiger charge is -2.38. The van der Waals surface area contributed by atoms with Gasteiger partial charge in [0.25, 0.3) is 5.91 Å². The van der Waals surface area contributed by atoms with Crippen LogP contribution in [0.25, 0.3) is 0 Å². The molecule has 2 aliphatic rings. The van der Waals surface area contributed by atoms with Gasteiger partial charge in [0.15, 0.2) is 6.10 Å². The SMILES string of the molecule is Cc1ccc(NC(=O)[C@H](C)Oc2ccc3c(c2)[C@H](c2ccc(C)cc2)N(C(=O)C2CC2)CC3)cc1. The summed E-state index contributed by atoms with van der Waals surface area (Å²) in [6.07, 6.45) is 2.12. The highest BCUT2D eigenvalue weighted by Crippen LogP contribution is 2.41. The molecule has 35 heavy (non-hydrogen) atoms. The number of hydrogen-bond acceptors (Lipinski definition) is 3. The molecule has 0 radical (unpaired) electrons. The second-order valence-electron chi connectivity index (χ2n) is 9.85. The number of ether oxygens (including phenoxy) is 1. The molecule has 1 heterocycles. The summed E-state index contributed by atoms with van der Waals surface area (Å²) >= 11 is 0. The largest absolute Gasteiger partial charge is 0.481 e. The summed E-state index contributed by atoms with van der Waals surface area (Å²) in [5, 5.41) is 2.92. The molecule has 5 nitrogen and oxygen atoms in total. The number of nitrogens with one attached hydrogen (secondary N) is 1. The van der Waals surface area contributed by atoms with E-state index in [4.69, 9.17) is 4.74 Å². The van der Waals surface area contributed by atoms with Crippen LogP contribution in [-0.2, 0) is 16.0 Å². The molecule has 0 spiro atoms. The van der Waals surface area contributed by atoms with Crippen molar-refractivity contribution in [3.63, 3.8) is 0 Å². The Kier molecular flexibility index (Phi) is 6.33. The fourth-order valence-electron chi connectivity index (χ4n) is 4.72. The fourth-order valence-corrected chi connectivity index (χ4v) is 4.72. The van der Waals surface area contributed by atoms with E-state index in [0.717, 1.165) is 48.2 Å². The third-order valence-corrected chi connectivity index (χ3v) is 6.95. The quantitative estimate of drug-likeness (QED) is 0.513. The normalized spacial score (nSPS) is 17.9. The molecular formula is C30H32N2O3. The van der Waals surface area contributed by atoms with Crippen molar-refractivity contribution in [3.8, 4) is 5.75 Å². The zero-order valence-corrected chi connectivity index (χ0v) is 20.6. The molecule has 1 fully saturated rings. The molecule has 0 bridgehead atoms. The van der Waals surface area contributed by atoms with Gasteiger partial charge in [0.1, 0.15) is 5.75 Å². The molecular weight excluding hydrogens is 436 g/mol. The minimum absolute atomic E-state index is 0.146. The number of aryl methyl sites for hydroxylation is 2. The molecule has 0 aromatic heterocycles.